The molecule has 0 unspecified atom stereocenters. The zero-order valence-corrected chi connectivity index (χ0v) is 11.7. The molecule has 5 nitrogen and oxygen atoms in total. The monoisotopic (exact) mass is 296 g/mol. The van der Waals surface area contributed by atoms with Gasteiger partial charge >= 0.3 is 0 Å². The lowest BCUT2D eigenvalue weighted by atomic mass is 10.3. The number of sulfonamides is 1. The van der Waals surface area contributed by atoms with Crippen molar-refractivity contribution in [2.24, 2.45) is 5.10 Å². The number of hydrazone groups is 1. The van der Waals surface area contributed by atoms with E-state index in [0.717, 1.165) is 4.88 Å². The zero-order chi connectivity index (χ0) is 13.7. The lowest BCUT2D eigenvalue weighted by molar-refractivity contribution is 0.414. The predicted octanol–water partition coefficient (Wildman–Crippen LogP) is 2.07. The molecule has 0 fully saturated rings. The molecule has 0 aliphatic carbocycles. The molecular weight excluding hydrogens is 284 g/mol. The minimum absolute atomic E-state index is 0.136. The number of benzene rings is 1. The van der Waals surface area contributed by atoms with Gasteiger partial charge in [0, 0.05) is 4.88 Å². The molecule has 0 saturated heterocycles. The SMILES string of the molecule is COc1ccc(S(=O)(=O)N/N=C/c2cccs2)cc1. The van der Waals surface area contributed by atoms with Gasteiger partial charge in [0.25, 0.3) is 10.0 Å². The number of thiophene rings is 1. The number of hydrogen-bond acceptors (Lipinski definition) is 5. The molecule has 2 rings (SSSR count). The Morgan fingerprint density at radius 2 is 2.00 bits per heavy atom. The summed E-state index contributed by atoms with van der Waals surface area (Å²) in [7, 11) is -2.12. The molecule has 1 aromatic heterocycles. The maximum absolute atomic E-state index is 11.9. The van der Waals surface area contributed by atoms with E-state index in [1.54, 1.807) is 12.1 Å². The molecule has 2 aromatic rings. The Morgan fingerprint density at radius 1 is 1.26 bits per heavy atom. The fraction of sp³-hybridized carbons (Fsp3) is 0.0833. The fourth-order valence-electron chi connectivity index (χ4n) is 1.33. The topological polar surface area (TPSA) is 67.8 Å². The molecule has 1 N–H and O–H groups in total. The highest BCUT2D eigenvalue weighted by molar-refractivity contribution is 7.89. The number of nitrogens with zero attached hydrogens (tertiary/aromatic N) is 1. The molecule has 0 radical (unpaired) electrons. The average molecular weight is 296 g/mol. The van der Waals surface area contributed by atoms with Gasteiger partial charge in [0.15, 0.2) is 0 Å². The van der Waals surface area contributed by atoms with E-state index in [-0.39, 0.29) is 4.90 Å². The summed E-state index contributed by atoms with van der Waals surface area (Å²) in [6, 6.07) is 9.79. The van der Waals surface area contributed by atoms with Gasteiger partial charge in [0.1, 0.15) is 5.75 Å². The van der Waals surface area contributed by atoms with E-state index in [1.807, 2.05) is 17.5 Å². The van der Waals surface area contributed by atoms with Crippen molar-refractivity contribution in [2.75, 3.05) is 7.11 Å². The van der Waals surface area contributed by atoms with E-state index in [4.69, 9.17) is 4.74 Å². The van der Waals surface area contributed by atoms with E-state index >= 15 is 0 Å². The summed E-state index contributed by atoms with van der Waals surface area (Å²) < 4.78 is 28.8. The van der Waals surface area contributed by atoms with E-state index in [1.165, 1.54) is 36.8 Å². The molecule has 0 aliphatic heterocycles. The standard InChI is InChI=1S/C12H12N2O3S2/c1-17-10-4-6-12(7-5-10)19(15,16)14-13-9-11-3-2-8-18-11/h2-9,14H,1H3/b13-9+. The molecule has 0 aliphatic rings. The fourth-order valence-corrected chi connectivity index (χ4v) is 2.71. The molecule has 0 atom stereocenters. The molecular formula is C12H12N2O3S2. The highest BCUT2D eigenvalue weighted by atomic mass is 32.2. The first-order valence-electron chi connectivity index (χ1n) is 5.34. The maximum Gasteiger partial charge on any atom is 0.276 e. The molecule has 0 saturated carbocycles. The summed E-state index contributed by atoms with van der Waals surface area (Å²) in [5.74, 6) is 0.598. The van der Waals surface area contributed by atoms with Crippen LogP contribution in [-0.4, -0.2) is 21.7 Å². The van der Waals surface area contributed by atoms with Crippen LogP contribution < -0.4 is 9.57 Å². The van der Waals surface area contributed by atoms with Gasteiger partial charge in [-0.25, -0.2) is 4.83 Å². The quantitative estimate of drug-likeness (QED) is 0.678. The van der Waals surface area contributed by atoms with Crippen LogP contribution in [0.3, 0.4) is 0 Å². The molecule has 100 valence electrons. The van der Waals surface area contributed by atoms with Crippen LogP contribution in [0.15, 0.2) is 51.8 Å². The largest absolute Gasteiger partial charge is 0.497 e. The van der Waals surface area contributed by atoms with Crippen molar-refractivity contribution < 1.29 is 13.2 Å². The summed E-state index contributed by atoms with van der Waals surface area (Å²) in [5.41, 5.74) is 0. The molecule has 1 aromatic carbocycles. The first-order chi connectivity index (χ1) is 9.12. The third kappa shape index (κ3) is 3.55. The van der Waals surface area contributed by atoms with Crippen LogP contribution in [0.2, 0.25) is 0 Å². The lowest BCUT2D eigenvalue weighted by Gasteiger charge is -2.04. The Balaban J connectivity index is 2.09. The van der Waals surface area contributed by atoms with Crippen molar-refractivity contribution in [1.82, 2.24) is 4.83 Å². The summed E-state index contributed by atoms with van der Waals surface area (Å²) in [4.78, 5) is 3.17. The second kappa shape index (κ2) is 5.85. The Labute approximate surface area is 115 Å². The average Bonchev–Trinajstić information content (AvgIpc) is 2.92. The highest BCUT2D eigenvalue weighted by Gasteiger charge is 2.12. The summed E-state index contributed by atoms with van der Waals surface area (Å²) in [6.07, 6.45) is 1.46. The van der Waals surface area contributed by atoms with Crippen molar-refractivity contribution in [3.8, 4) is 5.75 Å². The smallest absolute Gasteiger partial charge is 0.276 e. The zero-order valence-electron chi connectivity index (χ0n) is 10.1. The van der Waals surface area contributed by atoms with Crippen LogP contribution in [0, 0.1) is 0 Å². The summed E-state index contributed by atoms with van der Waals surface area (Å²) in [6.45, 7) is 0. The van der Waals surface area contributed by atoms with Crippen molar-refractivity contribution in [1.29, 1.82) is 0 Å². The normalized spacial score (nSPS) is 11.6. The van der Waals surface area contributed by atoms with E-state index in [9.17, 15) is 8.42 Å². The number of methoxy groups -OCH3 is 1. The van der Waals surface area contributed by atoms with Gasteiger partial charge in [-0.2, -0.15) is 13.5 Å². The van der Waals surface area contributed by atoms with E-state index in [0.29, 0.717) is 5.75 Å². The van der Waals surface area contributed by atoms with E-state index in [2.05, 4.69) is 9.93 Å². The lowest BCUT2D eigenvalue weighted by Crippen LogP contribution is -2.18. The molecule has 1 heterocycles. The predicted molar refractivity (Wildman–Crippen MR) is 75.2 cm³/mol. The molecule has 19 heavy (non-hydrogen) atoms. The third-order valence-electron chi connectivity index (χ3n) is 2.28. The maximum atomic E-state index is 11.9. The Hall–Kier alpha value is -1.86. The van der Waals surface area contributed by atoms with Crippen molar-refractivity contribution >= 4 is 27.6 Å². The highest BCUT2D eigenvalue weighted by Crippen LogP contribution is 2.15. The minimum atomic E-state index is -3.64. The van der Waals surface area contributed by atoms with Crippen molar-refractivity contribution in [3.05, 3.63) is 46.7 Å². The van der Waals surface area contributed by atoms with Gasteiger partial charge in [0.05, 0.1) is 18.2 Å². The van der Waals surface area contributed by atoms with E-state index < -0.39 is 10.0 Å². The third-order valence-corrected chi connectivity index (χ3v) is 4.32. The van der Waals surface area contributed by atoms with Crippen molar-refractivity contribution in [2.45, 2.75) is 4.90 Å². The second-order valence-corrected chi connectivity index (χ2v) is 6.18. The Morgan fingerprint density at radius 3 is 2.58 bits per heavy atom. The van der Waals surface area contributed by atoms with Crippen LogP contribution >= 0.6 is 11.3 Å². The molecule has 7 heteroatoms. The molecule has 0 amide bonds. The van der Waals surface area contributed by atoms with Gasteiger partial charge < -0.3 is 4.74 Å². The van der Waals surface area contributed by atoms with Crippen LogP contribution in [-0.2, 0) is 10.0 Å². The number of ether oxygens (including phenoxy) is 1. The van der Waals surface area contributed by atoms with Crippen molar-refractivity contribution in [3.63, 3.8) is 0 Å². The van der Waals surface area contributed by atoms with Crippen LogP contribution in [0.4, 0.5) is 0 Å². The Bertz CT molecular complexity index is 647. The number of hydrogen-bond donors (Lipinski definition) is 1. The van der Waals surface area contributed by atoms with Crippen LogP contribution in [0.5, 0.6) is 5.75 Å². The summed E-state index contributed by atoms with van der Waals surface area (Å²) >= 11 is 1.47. The van der Waals surface area contributed by atoms with Gasteiger partial charge in [-0.3, -0.25) is 0 Å². The van der Waals surface area contributed by atoms with Gasteiger partial charge in [-0.1, -0.05) is 6.07 Å². The van der Waals surface area contributed by atoms with Gasteiger partial charge in [0.2, 0.25) is 0 Å². The Kier molecular flexibility index (Phi) is 4.18. The first-order valence-corrected chi connectivity index (χ1v) is 7.70. The molecule has 0 spiro atoms. The number of nitrogens with one attached hydrogen (secondary N) is 1. The van der Waals surface area contributed by atoms with Crippen LogP contribution in [0.1, 0.15) is 4.88 Å². The van der Waals surface area contributed by atoms with Gasteiger partial charge in [-0.05, 0) is 35.7 Å². The molecule has 0 bridgehead atoms. The first kappa shape index (κ1) is 13.6. The minimum Gasteiger partial charge on any atom is -0.497 e. The number of rotatable bonds is 5. The van der Waals surface area contributed by atoms with Gasteiger partial charge in [-0.15, -0.1) is 11.3 Å². The summed E-state index contributed by atoms with van der Waals surface area (Å²) in [5, 5.41) is 5.61. The van der Waals surface area contributed by atoms with Crippen LogP contribution in [0.25, 0.3) is 0 Å². The second-order valence-electron chi connectivity index (χ2n) is 3.54.